The van der Waals surface area contributed by atoms with E-state index in [1.54, 1.807) is 4.90 Å². The van der Waals surface area contributed by atoms with E-state index in [1.165, 1.54) is 6.33 Å². The molecule has 1 unspecified atom stereocenters. The lowest BCUT2D eigenvalue weighted by atomic mass is 10.1. The van der Waals surface area contributed by atoms with Crippen LogP contribution in [0, 0.1) is 11.8 Å². The fourth-order valence-electron chi connectivity index (χ4n) is 2.53. The Morgan fingerprint density at radius 1 is 1.57 bits per heavy atom. The molecule has 1 aliphatic rings. The quantitative estimate of drug-likeness (QED) is 0.710. The molecule has 1 saturated heterocycles. The first-order valence-electron chi connectivity index (χ1n) is 7.46. The van der Waals surface area contributed by atoms with Gasteiger partial charge in [-0.15, -0.1) is 0 Å². The van der Waals surface area contributed by atoms with Crippen LogP contribution in [0.25, 0.3) is 0 Å². The number of rotatable bonds is 7. The van der Waals surface area contributed by atoms with Crippen molar-refractivity contribution in [1.29, 1.82) is 0 Å². The third kappa shape index (κ3) is 4.54. The van der Waals surface area contributed by atoms with E-state index in [-0.39, 0.29) is 17.7 Å². The number of aromatic amines is 1. The largest absolute Gasteiger partial charge is 0.356 e. The zero-order chi connectivity index (χ0) is 15.2. The molecule has 116 valence electrons. The van der Waals surface area contributed by atoms with Gasteiger partial charge in [-0.3, -0.25) is 14.7 Å². The monoisotopic (exact) mass is 293 g/mol. The molecule has 2 N–H and O–H groups in total. The minimum Gasteiger partial charge on any atom is -0.356 e. The molecular weight excluding hydrogens is 270 g/mol. The van der Waals surface area contributed by atoms with Crippen molar-refractivity contribution in [1.82, 2.24) is 25.4 Å². The minimum atomic E-state index is -0.207. The van der Waals surface area contributed by atoms with E-state index in [0.717, 1.165) is 25.2 Å². The zero-order valence-electron chi connectivity index (χ0n) is 12.6. The minimum absolute atomic E-state index is 0.0211. The molecule has 2 amide bonds. The van der Waals surface area contributed by atoms with E-state index in [4.69, 9.17) is 0 Å². The van der Waals surface area contributed by atoms with Crippen LogP contribution in [0.5, 0.6) is 0 Å². The second-order valence-electron chi connectivity index (χ2n) is 5.92. The topological polar surface area (TPSA) is 91.0 Å². The van der Waals surface area contributed by atoms with E-state index >= 15 is 0 Å². The predicted octanol–water partition coefficient (Wildman–Crippen LogP) is 0.358. The van der Waals surface area contributed by atoms with Crippen molar-refractivity contribution < 1.29 is 9.59 Å². The molecule has 0 radical (unpaired) electrons. The Bertz CT molecular complexity index is 472. The summed E-state index contributed by atoms with van der Waals surface area (Å²) in [6.45, 7) is 6.02. The Hall–Kier alpha value is -1.92. The van der Waals surface area contributed by atoms with Gasteiger partial charge in [0.05, 0.1) is 5.92 Å². The number of H-pyrrole nitrogens is 1. The fourth-order valence-corrected chi connectivity index (χ4v) is 2.53. The number of hydrogen-bond donors (Lipinski definition) is 2. The number of likely N-dealkylation sites (tertiary alicyclic amines) is 1. The van der Waals surface area contributed by atoms with Crippen molar-refractivity contribution in [3.05, 3.63) is 12.2 Å². The van der Waals surface area contributed by atoms with Crippen LogP contribution >= 0.6 is 0 Å². The van der Waals surface area contributed by atoms with Gasteiger partial charge in [0.25, 0.3) is 0 Å². The summed E-state index contributed by atoms with van der Waals surface area (Å²) in [6.07, 6.45) is 3.36. The van der Waals surface area contributed by atoms with Gasteiger partial charge in [0.1, 0.15) is 12.2 Å². The van der Waals surface area contributed by atoms with Crippen molar-refractivity contribution in [2.24, 2.45) is 11.8 Å². The number of carbonyl (C=O) groups is 2. The molecular formula is C14H23N5O2. The van der Waals surface area contributed by atoms with E-state index in [1.807, 2.05) is 0 Å². The smallest absolute Gasteiger partial charge is 0.225 e. The molecule has 21 heavy (non-hydrogen) atoms. The summed E-state index contributed by atoms with van der Waals surface area (Å²) in [5.74, 6) is 1.11. The average molecular weight is 293 g/mol. The summed E-state index contributed by atoms with van der Waals surface area (Å²) in [5.41, 5.74) is 0. The number of hydrogen-bond acceptors (Lipinski definition) is 4. The lowest BCUT2D eigenvalue weighted by molar-refractivity contribution is -0.129. The molecule has 0 aliphatic carbocycles. The lowest BCUT2D eigenvalue weighted by Gasteiger charge is -2.18. The van der Waals surface area contributed by atoms with E-state index < -0.39 is 0 Å². The van der Waals surface area contributed by atoms with E-state index in [9.17, 15) is 9.59 Å². The second kappa shape index (κ2) is 7.19. The van der Waals surface area contributed by atoms with Gasteiger partial charge >= 0.3 is 0 Å². The van der Waals surface area contributed by atoms with Gasteiger partial charge in [0.15, 0.2) is 0 Å². The first-order chi connectivity index (χ1) is 10.1. The summed E-state index contributed by atoms with van der Waals surface area (Å²) in [7, 11) is 0. The molecule has 7 nitrogen and oxygen atoms in total. The number of aromatic nitrogens is 3. The van der Waals surface area contributed by atoms with Crippen molar-refractivity contribution in [2.45, 2.75) is 33.1 Å². The van der Waals surface area contributed by atoms with Gasteiger partial charge in [-0.05, 0) is 12.3 Å². The van der Waals surface area contributed by atoms with Gasteiger partial charge in [-0.25, -0.2) is 4.98 Å². The van der Waals surface area contributed by atoms with Gasteiger partial charge in [0, 0.05) is 32.5 Å². The molecule has 1 aliphatic heterocycles. The number of amides is 2. The zero-order valence-corrected chi connectivity index (χ0v) is 12.6. The summed E-state index contributed by atoms with van der Waals surface area (Å²) in [6, 6.07) is 0. The Morgan fingerprint density at radius 3 is 3.05 bits per heavy atom. The summed E-state index contributed by atoms with van der Waals surface area (Å²) in [4.78, 5) is 29.7. The van der Waals surface area contributed by atoms with Crippen LogP contribution < -0.4 is 5.32 Å². The van der Waals surface area contributed by atoms with Gasteiger partial charge < -0.3 is 10.2 Å². The number of carbonyl (C=O) groups excluding carboxylic acids is 2. The number of nitrogens with one attached hydrogen (secondary N) is 2. The van der Waals surface area contributed by atoms with Crippen LogP contribution in [-0.4, -0.2) is 51.5 Å². The second-order valence-corrected chi connectivity index (χ2v) is 5.92. The Kier molecular flexibility index (Phi) is 5.30. The number of aryl methyl sites for hydroxylation is 1. The maximum Gasteiger partial charge on any atom is 0.225 e. The Labute approximate surface area is 124 Å². The molecule has 0 aromatic carbocycles. The van der Waals surface area contributed by atoms with Gasteiger partial charge in [-0.1, -0.05) is 13.8 Å². The van der Waals surface area contributed by atoms with E-state index in [2.05, 4.69) is 34.3 Å². The molecule has 1 fully saturated rings. The number of nitrogens with zero attached hydrogens (tertiary/aromatic N) is 3. The highest BCUT2D eigenvalue weighted by Gasteiger charge is 2.34. The van der Waals surface area contributed by atoms with Crippen molar-refractivity contribution in [3.63, 3.8) is 0 Å². The lowest BCUT2D eigenvalue weighted by Crippen LogP contribution is -2.34. The van der Waals surface area contributed by atoms with Crippen LogP contribution in [0.2, 0.25) is 0 Å². The highest BCUT2D eigenvalue weighted by Crippen LogP contribution is 2.19. The predicted molar refractivity (Wildman–Crippen MR) is 77.2 cm³/mol. The fraction of sp³-hybridized carbons (Fsp3) is 0.714. The van der Waals surface area contributed by atoms with Crippen molar-refractivity contribution >= 4 is 11.8 Å². The van der Waals surface area contributed by atoms with Crippen LogP contribution in [0.15, 0.2) is 6.33 Å². The molecule has 0 bridgehead atoms. The molecule has 0 spiro atoms. The molecule has 1 aromatic rings. The van der Waals surface area contributed by atoms with Gasteiger partial charge in [0.2, 0.25) is 11.8 Å². The average Bonchev–Trinajstić information content (AvgIpc) is 3.05. The highest BCUT2D eigenvalue weighted by atomic mass is 16.2. The standard InChI is InChI=1S/C14H23N5O2/c1-10(2)7-19-8-11(6-13(19)20)14(21)15-5-3-4-12-16-9-17-18-12/h9-11H,3-8H2,1-2H3,(H,15,21)(H,16,17,18). The summed E-state index contributed by atoms with van der Waals surface area (Å²) in [5, 5.41) is 9.46. The van der Waals surface area contributed by atoms with E-state index in [0.29, 0.717) is 25.4 Å². The Morgan fingerprint density at radius 2 is 2.38 bits per heavy atom. The normalized spacial score (nSPS) is 18.5. The molecule has 2 heterocycles. The SMILES string of the molecule is CC(C)CN1CC(C(=O)NCCCc2ncn[nH]2)CC1=O. The molecule has 0 saturated carbocycles. The third-order valence-corrected chi connectivity index (χ3v) is 3.53. The Balaban J connectivity index is 1.68. The van der Waals surface area contributed by atoms with Crippen LogP contribution in [0.3, 0.4) is 0 Å². The molecule has 7 heteroatoms. The summed E-state index contributed by atoms with van der Waals surface area (Å²) >= 11 is 0. The third-order valence-electron chi connectivity index (χ3n) is 3.53. The maximum absolute atomic E-state index is 12.1. The first-order valence-corrected chi connectivity index (χ1v) is 7.46. The molecule has 1 aromatic heterocycles. The molecule has 1 atom stereocenters. The first kappa shape index (κ1) is 15.5. The highest BCUT2D eigenvalue weighted by molar-refractivity contribution is 5.89. The van der Waals surface area contributed by atoms with Crippen molar-refractivity contribution in [2.75, 3.05) is 19.6 Å². The van der Waals surface area contributed by atoms with Crippen LogP contribution in [0.1, 0.15) is 32.5 Å². The van der Waals surface area contributed by atoms with Gasteiger partial charge in [-0.2, -0.15) is 5.10 Å². The summed E-state index contributed by atoms with van der Waals surface area (Å²) < 4.78 is 0. The maximum atomic E-state index is 12.1. The van der Waals surface area contributed by atoms with Crippen LogP contribution in [-0.2, 0) is 16.0 Å². The van der Waals surface area contributed by atoms with Crippen molar-refractivity contribution in [3.8, 4) is 0 Å². The van der Waals surface area contributed by atoms with Crippen LogP contribution in [0.4, 0.5) is 0 Å². The molecule has 2 rings (SSSR count).